The molecule has 0 aromatic heterocycles. The summed E-state index contributed by atoms with van der Waals surface area (Å²) in [7, 11) is 0. The molecule has 5 fully saturated rings. The summed E-state index contributed by atoms with van der Waals surface area (Å²) in [6.45, 7) is 6.80. The highest BCUT2D eigenvalue weighted by atomic mass is 16.5. The fraction of sp³-hybridized carbons (Fsp3) is 0.917. The lowest BCUT2D eigenvalue weighted by Gasteiger charge is -2.59. The van der Waals surface area contributed by atoms with Crippen molar-refractivity contribution in [2.45, 2.75) is 90.6 Å². The molecule has 0 aromatic carbocycles. The van der Waals surface area contributed by atoms with Crippen molar-refractivity contribution in [1.82, 2.24) is 4.90 Å². The van der Waals surface area contributed by atoms with Gasteiger partial charge in [-0.2, -0.15) is 0 Å². The molecule has 0 bridgehead atoms. The number of rotatable bonds is 1. The molecule has 156 valence electrons. The Morgan fingerprint density at radius 3 is 2.46 bits per heavy atom. The van der Waals surface area contributed by atoms with Crippen LogP contribution in [0.2, 0.25) is 0 Å². The maximum absolute atomic E-state index is 13.4. The number of esters is 1. The molecule has 3 saturated carbocycles. The third kappa shape index (κ3) is 2.69. The van der Waals surface area contributed by atoms with Crippen LogP contribution in [0.25, 0.3) is 0 Å². The molecular formula is C24H37NO3. The minimum absolute atomic E-state index is 0.00892. The van der Waals surface area contributed by atoms with E-state index in [0.717, 1.165) is 38.3 Å². The molecule has 5 aliphatic rings. The van der Waals surface area contributed by atoms with Crippen molar-refractivity contribution >= 4 is 11.9 Å². The molecule has 5 rings (SSSR count). The first-order valence-corrected chi connectivity index (χ1v) is 11.9. The summed E-state index contributed by atoms with van der Waals surface area (Å²) < 4.78 is 5.82. The second-order valence-electron chi connectivity index (χ2n) is 11.0. The summed E-state index contributed by atoms with van der Waals surface area (Å²) in [6, 6.07) is 0. The average Bonchev–Trinajstić information content (AvgIpc) is 3.06. The van der Waals surface area contributed by atoms with Gasteiger partial charge < -0.3 is 9.64 Å². The van der Waals surface area contributed by atoms with E-state index in [1.165, 1.54) is 44.9 Å². The van der Waals surface area contributed by atoms with Crippen molar-refractivity contribution in [3.63, 3.8) is 0 Å². The van der Waals surface area contributed by atoms with Gasteiger partial charge in [0.25, 0.3) is 0 Å². The number of hydrogen-bond donors (Lipinski definition) is 0. The normalized spacial score (nSPS) is 48.3. The van der Waals surface area contributed by atoms with Gasteiger partial charge in [0.15, 0.2) is 0 Å². The fourth-order valence-corrected chi connectivity index (χ4v) is 8.29. The van der Waals surface area contributed by atoms with E-state index in [1.54, 1.807) is 0 Å². The first kappa shape index (κ1) is 18.9. The van der Waals surface area contributed by atoms with E-state index in [2.05, 4.69) is 18.7 Å². The fourth-order valence-electron chi connectivity index (χ4n) is 8.29. The SMILES string of the molecule is C[C@]12CCC3C(CC[C@H]4OC(=O)CC[C@]34C)C1CC[C@@H]2C(=O)N1CCCCC1. The van der Waals surface area contributed by atoms with E-state index in [9.17, 15) is 9.59 Å². The second-order valence-corrected chi connectivity index (χ2v) is 11.0. The third-order valence-electron chi connectivity index (χ3n) is 9.89. The van der Waals surface area contributed by atoms with Crippen molar-refractivity contribution in [2.24, 2.45) is 34.5 Å². The number of likely N-dealkylation sites (tertiary alicyclic amines) is 1. The van der Waals surface area contributed by atoms with Gasteiger partial charge in [0.1, 0.15) is 6.10 Å². The van der Waals surface area contributed by atoms with Crippen LogP contribution in [0.1, 0.15) is 84.5 Å². The molecule has 0 radical (unpaired) electrons. The number of piperidine rings is 1. The van der Waals surface area contributed by atoms with Gasteiger partial charge in [-0.1, -0.05) is 13.8 Å². The Labute approximate surface area is 169 Å². The zero-order valence-electron chi connectivity index (χ0n) is 17.8. The minimum Gasteiger partial charge on any atom is -0.462 e. The summed E-state index contributed by atoms with van der Waals surface area (Å²) >= 11 is 0. The lowest BCUT2D eigenvalue weighted by atomic mass is 9.47. The highest BCUT2D eigenvalue weighted by molar-refractivity contribution is 5.80. The van der Waals surface area contributed by atoms with E-state index in [1.807, 2.05) is 0 Å². The van der Waals surface area contributed by atoms with Crippen molar-refractivity contribution in [3.05, 3.63) is 0 Å². The summed E-state index contributed by atoms with van der Waals surface area (Å²) in [4.78, 5) is 27.5. The van der Waals surface area contributed by atoms with Crippen molar-refractivity contribution in [1.29, 1.82) is 0 Å². The average molecular weight is 388 g/mol. The molecule has 0 spiro atoms. The van der Waals surface area contributed by atoms with E-state index in [4.69, 9.17) is 4.74 Å². The smallest absolute Gasteiger partial charge is 0.306 e. The molecule has 4 nitrogen and oxygen atoms in total. The van der Waals surface area contributed by atoms with Crippen LogP contribution in [-0.4, -0.2) is 36.0 Å². The lowest BCUT2D eigenvalue weighted by molar-refractivity contribution is -0.192. The maximum Gasteiger partial charge on any atom is 0.306 e. The summed E-state index contributed by atoms with van der Waals surface area (Å²) in [6.07, 6.45) is 12.3. The molecule has 1 amide bonds. The highest BCUT2D eigenvalue weighted by Gasteiger charge is 2.62. The summed E-state index contributed by atoms with van der Waals surface area (Å²) in [5.74, 6) is 2.79. The van der Waals surface area contributed by atoms with Crippen LogP contribution in [0.3, 0.4) is 0 Å². The van der Waals surface area contributed by atoms with Gasteiger partial charge in [-0.25, -0.2) is 0 Å². The largest absolute Gasteiger partial charge is 0.462 e. The number of amides is 1. The second kappa shape index (κ2) is 6.74. The Balaban J connectivity index is 1.36. The molecule has 2 saturated heterocycles. The van der Waals surface area contributed by atoms with E-state index < -0.39 is 0 Å². The molecule has 2 aliphatic heterocycles. The number of fused-ring (bicyclic) bond motifs is 5. The highest BCUT2D eigenvalue weighted by Crippen LogP contribution is 2.66. The predicted molar refractivity (Wildman–Crippen MR) is 107 cm³/mol. The first-order valence-electron chi connectivity index (χ1n) is 11.9. The Hall–Kier alpha value is -1.06. The Morgan fingerprint density at radius 2 is 1.68 bits per heavy atom. The third-order valence-corrected chi connectivity index (χ3v) is 9.89. The quantitative estimate of drug-likeness (QED) is 0.620. The first-order chi connectivity index (χ1) is 13.4. The Bertz CT molecular complexity index is 656. The molecule has 0 aromatic rings. The van der Waals surface area contributed by atoms with Crippen molar-refractivity contribution in [3.8, 4) is 0 Å². The molecule has 3 unspecified atom stereocenters. The van der Waals surface area contributed by atoms with Gasteiger partial charge in [-0.05, 0) is 87.4 Å². The van der Waals surface area contributed by atoms with Crippen LogP contribution in [0.5, 0.6) is 0 Å². The standard InChI is InChI=1S/C24H37NO3/c1-23-12-10-18-16(6-9-20-24(18,2)13-11-21(26)28-20)17(23)7-8-19(23)22(27)25-14-4-3-5-15-25/h16-20H,3-15H2,1-2H3/t16?,17?,18?,19-,20-,23+,24-/m1/s1. The zero-order chi connectivity index (χ0) is 19.5. The molecule has 7 atom stereocenters. The number of nitrogens with zero attached hydrogens (tertiary/aromatic N) is 1. The monoisotopic (exact) mass is 387 g/mol. The minimum atomic E-state index is 0.00892. The zero-order valence-corrected chi connectivity index (χ0v) is 17.8. The van der Waals surface area contributed by atoms with Crippen LogP contribution in [0, 0.1) is 34.5 Å². The van der Waals surface area contributed by atoms with Crippen molar-refractivity contribution < 1.29 is 14.3 Å². The molecule has 4 heteroatoms. The summed E-state index contributed by atoms with van der Waals surface area (Å²) in [5.41, 5.74) is 0.345. The molecule has 0 N–H and O–H groups in total. The van der Waals surface area contributed by atoms with Crippen LogP contribution in [-0.2, 0) is 14.3 Å². The Kier molecular flexibility index (Phi) is 4.56. The van der Waals surface area contributed by atoms with Gasteiger partial charge in [-0.15, -0.1) is 0 Å². The summed E-state index contributed by atoms with van der Waals surface area (Å²) in [5, 5.41) is 0. The van der Waals surface area contributed by atoms with E-state index in [0.29, 0.717) is 24.2 Å². The predicted octanol–water partition coefficient (Wildman–Crippen LogP) is 4.56. The number of ether oxygens (including phenoxy) is 1. The van der Waals surface area contributed by atoms with Gasteiger partial charge in [0.05, 0.1) is 0 Å². The van der Waals surface area contributed by atoms with Crippen LogP contribution in [0.15, 0.2) is 0 Å². The lowest BCUT2D eigenvalue weighted by Crippen LogP contribution is -2.57. The van der Waals surface area contributed by atoms with Gasteiger partial charge in [0.2, 0.25) is 5.91 Å². The molecule has 28 heavy (non-hydrogen) atoms. The number of hydrogen-bond acceptors (Lipinski definition) is 3. The van der Waals surface area contributed by atoms with Crippen LogP contribution in [0.4, 0.5) is 0 Å². The van der Waals surface area contributed by atoms with Gasteiger partial charge >= 0.3 is 5.97 Å². The number of carbonyl (C=O) groups excluding carboxylic acids is 2. The molecule has 2 heterocycles. The van der Waals surface area contributed by atoms with Crippen LogP contribution >= 0.6 is 0 Å². The number of carbonyl (C=O) groups is 2. The van der Waals surface area contributed by atoms with Gasteiger partial charge in [-0.3, -0.25) is 9.59 Å². The Morgan fingerprint density at radius 1 is 0.929 bits per heavy atom. The van der Waals surface area contributed by atoms with Gasteiger partial charge in [0, 0.05) is 30.8 Å². The molecule has 3 aliphatic carbocycles. The topological polar surface area (TPSA) is 46.6 Å². The van der Waals surface area contributed by atoms with E-state index >= 15 is 0 Å². The molecular weight excluding hydrogens is 350 g/mol. The maximum atomic E-state index is 13.4. The van der Waals surface area contributed by atoms with Crippen molar-refractivity contribution in [2.75, 3.05) is 13.1 Å². The van der Waals surface area contributed by atoms with Crippen LogP contribution < -0.4 is 0 Å². The van der Waals surface area contributed by atoms with E-state index in [-0.39, 0.29) is 28.8 Å².